The highest BCUT2D eigenvalue weighted by molar-refractivity contribution is 7.89. The second kappa shape index (κ2) is 8.94. The van der Waals surface area contributed by atoms with Gasteiger partial charge in [-0.2, -0.15) is 9.61 Å². The minimum atomic E-state index is -3.81. The molecule has 0 unspecified atom stereocenters. The highest BCUT2D eigenvalue weighted by Gasteiger charge is 2.19. The number of halogens is 2. The van der Waals surface area contributed by atoms with Crippen LogP contribution in [0.25, 0.3) is 27.9 Å². The number of benzene rings is 3. The maximum atomic E-state index is 13.1. The fourth-order valence-electron chi connectivity index (χ4n) is 3.77. The van der Waals surface area contributed by atoms with Crippen molar-refractivity contribution in [1.82, 2.24) is 19.4 Å². The number of nitrogens with zero attached hydrogens (tertiary/aromatic N) is 4. The van der Waals surface area contributed by atoms with Crippen molar-refractivity contribution in [2.24, 2.45) is 5.14 Å². The summed E-state index contributed by atoms with van der Waals surface area (Å²) >= 11 is 12.2. The zero-order valence-electron chi connectivity index (χ0n) is 18.0. The summed E-state index contributed by atoms with van der Waals surface area (Å²) in [6.45, 7) is 0.115. The molecule has 0 aliphatic carbocycles. The van der Waals surface area contributed by atoms with Crippen molar-refractivity contribution in [2.45, 2.75) is 11.4 Å². The van der Waals surface area contributed by atoms with Crippen molar-refractivity contribution in [3.8, 4) is 22.3 Å². The standard InChI is InChI=1S/C24H17Cl2N5O3S/c25-18-7-3-16(4-8-18)21-13-28-31-23(22(21)17-5-9-19(26)10-6-17)29-30(24(31)32)14-15-1-11-20(12-2-15)35(27,33)34/h1-13H,14H2,(H2,27,33,34). The van der Waals surface area contributed by atoms with Crippen molar-refractivity contribution >= 4 is 38.9 Å². The monoisotopic (exact) mass is 525 g/mol. The van der Waals surface area contributed by atoms with E-state index in [4.69, 9.17) is 28.3 Å². The Labute approximate surface area is 210 Å². The molecule has 0 radical (unpaired) electrons. The van der Waals surface area contributed by atoms with E-state index >= 15 is 0 Å². The van der Waals surface area contributed by atoms with Gasteiger partial charge < -0.3 is 0 Å². The maximum absolute atomic E-state index is 13.1. The van der Waals surface area contributed by atoms with E-state index in [9.17, 15) is 13.2 Å². The van der Waals surface area contributed by atoms with Crippen LogP contribution in [0.15, 0.2) is 88.7 Å². The van der Waals surface area contributed by atoms with Crippen LogP contribution in [0, 0.1) is 0 Å². The quantitative estimate of drug-likeness (QED) is 0.369. The van der Waals surface area contributed by atoms with Gasteiger partial charge >= 0.3 is 5.69 Å². The number of aromatic nitrogens is 4. The molecule has 5 rings (SSSR count). The predicted molar refractivity (Wildman–Crippen MR) is 135 cm³/mol. The molecule has 0 saturated carbocycles. The van der Waals surface area contributed by atoms with E-state index in [1.165, 1.54) is 21.3 Å². The zero-order chi connectivity index (χ0) is 24.7. The summed E-state index contributed by atoms with van der Waals surface area (Å²) in [4.78, 5) is 13.1. The molecule has 3 aromatic carbocycles. The lowest BCUT2D eigenvalue weighted by Gasteiger charge is -2.11. The molecule has 0 amide bonds. The van der Waals surface area contributed by atoms with Gasteiger partial charge in [-0.05, 0) is 53.1 Å². The third-order valence-electron chi connectivity index (χ3n) is 5.49. The molecule has 35 heavy (non-hydrogen) atoms. The predicted octanol–water partition coefficient (Wildman–Crippen LogP) is 4.23. The Bertz CT molecular complexity index is 1710. The summed E-state index contributed by atoms with van der Waals surface area (Å²) in [5.74, 6) is 0. The lowest BCUT2D eigenvalue weighted by atomic mass is 9.97. The number of hydrogen-bond donors (Lipinski definition) is 1. The van der Waals surface area contributed by atoms with Crippen LogP contribution in [0.5, 0.6) is 0 Å². The topological polar surface area (TPSA) is 112 Å². The van der Waals surface area contributed by atoms with Crippen LogP contribution in [0.3, 0.4) is 0 Å². The lowest BCUT2D eigenvalue weighted by molar-refractivity contribution is 0.597. The minimum Gasteiger partial charge on any atom is -0.244 e. The maximum Gasteiger partial charge on any atom is 0.367 e. The Hall–Kier alpha value is -3.50. The van der Waals surface area contributed by atoms with Gasteiger partial charge in [0.05, 0.1) is 17.6 Å². The fraction of sp³-hybridized carbons (Fsp3) is 0.0417. The summed E-state index contributed by atoms with van der Waals surface area (Å²) < 4.78 is 25.6. The van der Waals surface area contributed by atoms with Crippen LogP contribution in [-0.2, 0) is 16.6 Å². The summed E-state index contributed by atoms with van der Waals surface area (Å²) in [5, 5.41) is 15.3. The van der Waals surface area contributed by atoms with Crippen molar-refractivity contribution in [3.05, 3.63) is 105 Å². The largest absolute Gasteiger partial charge is 0.367 e. The average Bonchev–Trinajstić information content (AvgIpc) is 3.14. The minimum absolute atomic E-state index is 0.0112. The van der Waals surface area contributed by atoms with E-state index in [0.717, 1.165) is 16.7 Å². The van der Waals surface area contributed by atoms with Gasteiger partial charge in [-0.3, -0.25) is 0 Å². The Kier molecular flexibility index (Phi) is 5.94. The molecule has 0 saturated heterocycles. The van der Waals surface area contributed by atoms with Crippen molar-refractivity contribution in [1.29, 1.82) is 0 Å². The molecule has 0 aliphatic rings. The fourth-order valence-corrected chi connectivity index (χ4v) is 4.54. The van der Waals surface area contributed by atoms with Gasteiger partial charge in [0.1, 0.15) is 0 Å². The first-order valence-corrected chi connectivity index (χ1v) is 12.6. The van der Waals surface area contributed by atoms with Gasteiger partial charge in [-0.25, -0.2) is 23.0 Å². The van der Waals surface area contributed by atoms with Crippen LogP contribution in [0.4, 0.5) is 0 Å². The van der Waals surface area contributed by atoms with Gasteiger partial charge in [0.25, 0.3) is 0 Å². The van der Waals surface area contributed by atoms with Crippen LogP contribution < -0.4 is 10.8 Å². The molecule has 2 N–H and O–H groups in total. The molecule has 176 valence electrons. The Balaban J connectivity index is 1.67. The number of rotatable bonds is 5. The van der Waals surface area contributed by atoms with E-state index in [2.05, 4.69) is 10.2 Å². The first-order valence-electron chi connectivity index (χ1n) is 10.3. The van der Waals surface area contributed by atoms with Crippen molar-refractivity contribution in [2.75, 3.05) is 0 Å². The number of primary sulfonamides is 1. The highest BCUT2D eigenvalue weighted by Crippen LogP contribution is 2.35. The van der Waals surface area contributed by atoms with Crippen LogP contribution in [0.1, 0.15) is 5.56 Å². The zero-order valence-corrected chi connectivity index (χ0v) is 20.3. The molecule has 0 atom stereocenters. The molecule has 0 fully saturated rings. The van der Waals surface area contributed by atoms with Crippen LogP contribution in [-0.4, -0.2) is 27.8 Å². The van der Waals surface area contributed by atoms with Gasteiger partial charge in [-0.15, -0.1) is 5.10 Å². The molecule has 0 spiro atoms. The normalized spacial score (nSPS) is 11.7. The van der Waals surface area contributed by atoms with E-state index in [1.54, 1.807) is 42.6 Å². The van der Waals surface area contributed by atoms with Gasteiger partial charge in [0, 0.05) is 21.2 Å². The smallest absolute Gasteiger partial charge is 0.244 e. The molecule has 11 heteroatoms. The SMILES string of the molecule is NS(=O)(=O)c1ccc(Cn2nc3c(-c4ccc(Cl)cc4)c(-c4ccc(Cl)cc4)cnn3c2=O)cc1. The van der Waals surface area contributed by atoms with Gasteiger partial charge in [0.2, 0.25) is 10.0 Å². The summed E-state index contributed by atoms with van der Waals surface area (Å²) in [5.41, 5.74) is 3.75. The number of sulfonamides is 1. The third kappa shape index (κ3) is 4.59. The summed E-state index contributed by atoms with van der Waals surface area (Å²) in [7, 11) is -3.81. The molecule has 2 heterocycles. The molecule has 0 bridgehead atoms. The van der Waals surface area contributed by atoms with E-state index in [1.807, 2.05) is 24.3 Å². The van der Waals surface area contributed by atoms with Crippen LogP contribution in [0.2, 0.25) is 10.0 Å². The van der Waals surface area contributed by atoms with Gasteiger partial charge in [0.15, 0.2) is 5.65 Å². The molecule has 0 aliphatic heterocycles. The number of nitrogens with two attached hydrogens (primary N) is 1. The molecular formula is C24H17Cl2N5O3S. The summed E-state index contributed by atoms with van der Waals surface area (Å²) in [6, 6.07) is 20.5. The third-order valence-corrected chi connectivity index (χ3v) is 6.92. The Morgan fingerprint density at radius 2 is 1.40 bits per heavy atom. The van der Waals surface area contributed by atoms with E-state index < -0.39 is 15.7 Å². The molecule has 5 aromatic rings. The van der Waals surface area contributed by atoms with Gasteiger partial charge in [-0.1, -0.05) is 59.6 Å². The average molecular weight is 526 g/mol. The number of fused-ring (bicyclic) bond motifs is 1. The second-order valence-electron chi connectivity index (χ2n) is 7.81. The van der Waals surface area contributed by atoms with Crippen molar-refractivity contribution in [3.63, 3.8) is 0 Å². The Morgan fingerprint density at radius 3 is 1.97 bits per heavy atom. The Morgan fingerprint density at radius 1 is 0.829 bits per heavy atom. The van der Waals surface area contributed by atoms with Crippen LogP contribution >= 0.6 is 23.2 Å². The van der Waals surface area contributed by atoms with E-state index in [0.29, 0.717) is 26.8 Å². The van der Waals surface area contributed by atoms with E-state index in [-0.39, 0.29) is 11.4 Å². The molecule has 2 aromatic heterocycles. The first-order chi connectivity index (χ1) is 16.7. The lowest BCUT2D eigenvalue weighted by Crippen LogP contribution is -2.23. The van der Waals surface area contributed by atoms with Crippen molar-refractivity contribution < 1.29 is 8.42 Å². The highest BCUT2D eigenvalue weighted by atomic mass is 35.5. The molecule has 8 nitrogen and oxygen atoms in total. The second-order valence-corrected chi connectivity index (χ2v) is 10.2. The summed E-state index contributed by atoms with van der Waals surface area (Å²) in [6.07, 6.45) is 1.62. The molecular weight excluding hydrogens is 509 g/mol. The number of hydrogen-bond acceptors (Lipinski definition) is 5. The first kappa shape index (κ1) is 23.3.